The highest BCUT2D eigenvalue weighted by Gasteiger charge is 2.31. The first-order valence-corrected chi connectivity index (χ1v) is 10.4. The van der Waals surface area contributed by atoms with Gasteiger partial charge in [0.25, 0.3) is 5.91 Å². The third-order valence-corrected chi connectivity index (χ3v) is 6.64. The normalized spacial score (nSPS) is 21.0. The fourth-order valence-corrected chi connectivity index (χ4v) is 5.03. The molecule has 1 fully saturated rings. The van der Waals surface area contributed by atoms with Crippen LogP contribution in [0.4, 0.5) is 0 Å². The van der Waals surface area contributed by atoms with Crippen molar-refractivity contribution in [2.24, 2.45) is 0 Å². The van der Waals surface area contributed by atoms with E-state index >= 15 is 0 Å². The van der Waals surface area contributed by atoms with Gasteiger partial charge >= 0.3 is 0 Å². The molecular formula is C22H28N4O. The molecule has 1 aromatic carbocycles. The van der Waals surface area contributed by atoms with Crippen LogP contribution in [0.1, 0.15) is 52.9 Å². The van der Waals surface area contributed by atoms with Crippen molar-refractivity contribution in [2.75, 3.05) is 19.6 Å². The van der Waals surface area contributed by atoms with Crippen LogP contribution in [0.25, 0.3) is 0 Å². The summed E-state index contributed by atoms with van der Waals surface area (Å²) in [5.74, 6) is 0.195. The number of carbonyl (C=O) groups is 1. The second kappa shape index (κ2) is 7.12. The number of hydrogen-bond donors (Lipinski definition) is 0. The molecule has 0 radical (unpaired) electrons. The zero-order valence-electron chi connectivity index (χ0n) is 15.9. The highest BCUT2D eigenvalue weighted by molar-refractivity contribution is 5.95. The van der Waals surface area contributed by atoms with E-state index < -0.39 is 0 Å². The molecule has 4 heterocycles. The van der Waals surface area contributed by atoms with Crippen LogP contribution in [0.15, 0.2) is 30.5 Å². The summed E-state index contributed by atoms with van der Waals surface area (Å²) in [5, 5.41) is 4.44. The molecule has 0 spiro atoms. The summed E-state index contributed by atoms with van der Waals surface area (Å²) in [6.07, 6.45) is 8.45. The maximum absolute atomic E-state index is 13.0. The number of carbonyl (C=O) groups excluding carboxylic acids is 1. The minimum atomic E-state index is 0.195. The lowest BCUT2D eigenvalue weighted by Crippen LogP contribution is -2.48. The van der Waals surface area contributed by atoms with E-state index in [-0.39, 0.29) is 5.91 Å². The van der Waals surface area contributed by atoms with E-state index in [2.05, 4.69) is 39.2 Å². The van der Waals surface area contributed by atoms with Gasteiger partial charge < -0.3 is 4.90 Å². The Balaban J connectivity index is 1.22. The molecule has 142 valence electrons. The van der Waals surface area contributed by atoms with E-state index in [4.69, 9.17) is 0 Å². The summed E-state index contributed by atoms with van der Waals surface area (Å²) in [6, 6.07) is 9.43. The van der Waals surface area contributed by atoms with Crippen molar-refractivity contribution in [1.82, 2.24) is 19.6 Å². The summed E-state index contributed by atoms with van der Waals surface area (Å²) in [5.41, 5.74) is 4.99. The largest absolute Gasteiger partial charge is 0.338 e. The van der Waals surface area contributed by atoms with Crippen LogP contribution in [-0.2, 0) is 25.9 Å². The number of aryl methyl sites for hydroxylation is 1. The molecule has 3 aliphatic rings. The summed E-state index contributed by atoms with van der Waals surface area (Å²) in [7, 11) is 0. The smallest absolute Gasteiger partial charge is 0.257 e. The van der Waals surface area contributed by atoms with Gasteiger partial charge in [0.1, 0.15) is 0 Å². The number of fused-ring (bicyclic) bond motifs is 2. The van der Waals surface area contributed by atoms with Crippen molar-refractivity contribution in [3.63, 3.8) is 0 Å². The number of nitrogens with zero attached hydrogens (tertiary/aromatic N) is 4. The fraction of sp³-hybridized carbons (Fsp3) is 0.545. The minimum Gasteiger partial charge on any atom is -0.338 e. The van der Waals surface area contributed by atoms with Gasteiger partial charge in [0.15, 0.2) is 0 Å². The number of rotatable bonds is 2. The summed E-state index contributed by atoms with van der Waals surface area (Å²) >= 11 is 0. The molecule has 1 amide bonds. The van der Waals surface area contributed by atoms with Crippen molar-refractivity contribution >= 4 is 5.91 Å². The number of likely N-dealkylation sites (tertiary alicyclic amines) is 1. The van der Waals surface area contributed by atoms with Gasteiger partial charge in [0.05, 0.1) is 17.5 Å². The molecule has 2 aromatic rings. The van der Waals surface area contributed by atoms with Crippen LogP contribution in [0, 0.1) is 0 Å². The summed E-state index contributed by atoms with van der Waals surface area (Å²) in [6.45, 7) is 4.90. The Hall–Kier alpha value is -2.14. The molecule has 27 heavy (non-hydrogen) atoms. The number of amides is 1. The van der Waals surface area contributed by atoms with Crippen LogP contribution in [0.3, 0.4) is 0 Å². The summed E-state index contributed by atoms with van der Waals surface area (Å²) in [4.78, 5) is 17.7. The monoisotopic (exact) mass is 364 g/mol. The lowest BCUT2D eigenvalue weighted by atomic mass is 9.95. The number of hydrogen-bond acceptors (Lipinski definition) is 3. The maximum Gasteiger partial charge on any atom is 0.257 e. The van der Waals surface area contributed by atoms with Gasteiger partial charge in [0.2, 0.25) is 0 Å². The van der Waals surface area contributed by atoms with Gasteiger partial charge in [-0.25, -0.2) is 0 Å². The highest BCUT2D eigenvalue weighted by Crippen LogP contribution is 2.26. The Kier molecular flexibility index (Phi) is 4.48. The first-order chi connectivity index (χ1) is 13.3. The molecule has 1 saturated heterocycles. The SMILES string of the molecule is O=C(c1cnn2c1CCCC2)N1CCC(N2CCc3ccccc3C2)CC1. The molecule has 0 bridgehead atoms. The van der Waals surface area contributed by atoms with E-state index in [1.807, 2.05) is 4.68 Å². The third-order valence-electron chi connectivity index (χ3n) is 6.64. The predicted molar refractivity (Wildman–Crippen MR) is 105 cm³/mol. The van der Waals surface area contributed by atoms with Crippen molar-refractivity contribution in [3.8, 4) is 0 Å². The Labute approximate surface area is 161 Å². The zero-order valence-corrected chi connectivity index (χ0v) is 15.9. The molecule has 5 nitrogen and oxygen atoms in total. The van der Waals surface area contributed by atoms with Crippen molar-refractivity contribution in [3.05, 3.63) is 52.8 Å². The zero-order chi connectivity index (χ0) is 18.2. The van der Waals surface area contributed by atoms with Gasteiger partial charge in [-0.15, -0.1) is 0 Å². The molecule has 5 heteroatoms. The molecule has 0 unspecified atom stereocenters. The Bertz CT molecular complexity index is 835. The standard InChI is InChI=1S/C22H28N4O/c27-22(20-15-23-26-11-4-3-7-21(20)26)24-13-9-19(10-14-24)25-12-8-17-5-1-2-6-18(17)16-25/h1-2,5-6,15,19H,3-4,7-14,16H2. The first-order valence-electron chi connectivity index (χ1n) is 10.4. The topological polar surface area (TPSA) is 41.4 Å². The van der Waals surface area contributed by atoms with E-state index in [1.54, 1.807) is 6.20 Å². The minimum absolute atomic E-state index is 0.195. The Morgan fingerprint density at radius 2 is 1.78 bits per heavy atom. The average Bonchev–Trinajstić information content (AvgIpc) is 3.17. The second-order valence-corrected chi connectivity index (χ2v) is 8.20. The number of aromatic nitrogens is 2. The molecule has 0 aliphatic carbocycles. The van der Waals surface area contributed by atoms with E-state index in [1.165, 1.54) is 24.0 Å². The van der Waals surface area contributed by atoms with Crippen LogP contribution in [0.5, 0.6) is 0 Å². The molecule has 0 atom stereocenters. The van der Waals surface area contributed by atoms with Crippen LogP contribution < -0.4 is 0 Å². The lowest BCUT2D eigenvalue weighted by Gasteiger charge is -2.40. The van der Waals surface area contributed by atoms with Gasteiger partial charge in [-0.1, -0.05) is 24.3 Å². The lowest BCUT2D eigenvalue weighted by molar-refractivity contribution is 0.0598. The van der Waals surface area contributed by atoms with Crippen LogP contribution >= 0.6 is 0 Å². The molecular weight excluding hydrogens is 336 g/mol. The molecule has 5 rings (SSSR count). The van der Waals surface area contributed by atoms with Gasteiger partial charge in [0, 0.05) is 38.8 Å². The number of benzene rings is 1. The van der Waals surface area contributed by atoms with Crippen molar-refractivity contribution in [2.45, 2.75) is 57.7 Å². The van der Waals surface area contributed by atoms with Gasteiger partial charge in [-0.05, 0) is 49.7 Å². The quantitative estimate of drug-likeness (QED) is 0.823. The van der Waals surface area contributed by atoms with Crippen LogP contribution in [-0.4, -0.2) is 51.2 Å². The van der Waals surface area contributed by atoms with Crippen molar-refractivity contribution in [1.29, 1.82) is 0 Å². The first kappa shape index (κ1) is 17.0. The molecule has 1 aromatic heterocycles. The van der Waals surface area contributed by atoms with E-state index in [0.717, 1.165) is 69.7 Å². The average molecular weight is 364 g/mol. The second-order valence-electron chi connectivity index (χ2n) is 8.20. The third kappa shape index (κ3) is 3.18. The van der Waals surface area contributed by atoms with E-state index in [9.17, 15) is 4.79 Å². The fourth-order valence-electron chi connectivity index (χ4n) is 5.03. The predicted octanol–water partition coefficient (Wildman–Crippen LogP) is 2.88. The Morgan fingerprint density at radius 1 is 0.963 bits per heavy atom. The number of piperidine rings is 1. The van der Waals surface area contributed by atoms with E-state index in [0.29, 0.717) is 6.04 Å². The van der Waals surface area contributed by atoms with Gasteiger partial charge in [-0.2, -0.15) is 5.10 Å². The highest BCUT2D eigenvalue weighted by atomic mass is 16.2. The molecule has 0 saturated carbocycles. The van der Waals surface area contributed by atoms with Crippen LogP contribution in [0.2, 0.25) is 0 Å². The van der Waals surface area contributed by atoms with Crippen molar-refractivity contribution < 1.29 is 4.79 Å². The van der Waals surface area contributed by atoms with Gasteiger partial charge in [-0.3, -0.25) is 14.4 Å². The molecule has 3 aliphatic heterocycles. The molecule has 0 N–H and O–H groups in total. The maximum atomic E-state index is 13.0. The summed E-state index contributed by atoms with van der Waals surface area (Å²) < 4.78 is 2.04. The Morgan fingerprint density at radius 3 is 2.63 bits per heavy atom.